The molecule has 1 amide bonds. The Hall–Kier alpha value is -0.820. The van der Waals surface area contributed by atoms with Crippen LogP contribution in [0, 0.1) is 0 Å². The fourth-order valence-electron chi connectivity index (χ4n) is 1.09. The van der Waals surface area contributed by atoms with E-state index in [1.807, 2.05) is 6.92 Å². The molecule has 96 valence electrons. The van der Waals surface area contributed by atoms with Crippen molar-refractivity contribution in [1.82, 2.24) is 15.5 Å². The topological polar surface area (TPSA) is 66.9 Å². The second-order valence-corrected chi connectivity index (χ2v) is 5.60. The van der Waals surface area contributed by atoms with Gasteiger partial charge in [0.2, 0.25) is 11.0 Å². The Bertz CT molecular complexity index is 343. The van der Waals surface area contributed by atoms with Gasteiger partial charge in [0.05, 0.1) is 5.75 Å². The maximum atomic E-state index is 11.2. The molecule has 0 aliphatic rings. The summed E-state index contributed by atoms with van der Waals surface area (Å²) in [5.41, 5.74) is 0. The Morgan fingerprint density at radius 2 is 2.24 bits per heavy atom. The smallest absolute Gasteiger partial charge is 0.230 e. The highest BCUT2D eigenvalue weighted by Gasteiger charge is 2.06. The Morgan fingerprint density at radius 1 is 1.41 bits per heavy atom. The number of thioether (sulfide) groups is 1. The molecule has 0 aliphatic heterocycles. The van der Waals surface area contributed by atoms with Crippen LogP contribution in [0.15, 0.2) is 4.34 Å². The summed E-state index contributed by atoms with van der Waals surface area (Å²) in [6, 6.07) is 0. The lowest BCUT2D eigenvalue weighted by Crippen LogP contribution is -2.24. The highest BCUT2D eigenvalue weighted by molar-refractivity contribution is 8.01. The number of nitrogens with zero attached hydrogens (tertiary/aromatic N) is 2. The van der Waals surface area contributed by atoms with Crippen LogP contribution in [0.2, 0.25) is 0 Å². The molecule has 1 aromatic rings. The molecule has 0 fully saturated rings. The van der Waals surface area contributed by atoms with Crippen molar-refractivity contribution in [2.45, 2.75) is 31.0 Å². The predicted octanol–water partition coefficient (Wildman–Crippen LogP) is 1.98. The molecule has 0 aromatic carbocycles. The summed E-state index contributed by atoms with van der Waals surface area (Å²) in [7, 11) is 0. The number of carbonyl (C=O) groups excluding carboxylic acids is 1. The normalized spacial score (nSPS) is 10.2. The Balaban J connectivity index is 2.27. The molecular weight excluding hydrogens is 256 g/mol. The van der Waals surface area contributed by atoms with Crippen LogP contribution in [0.5, 0.6) is 0 Å². The summed E-state index contributed by atoms with van der Waals surface area (Å²) in [4.78, 5) is 11.2. The zero-order chi connectivity index (χ0) is 12.5. The average Bonchev–Trinajstić information content (AvgIpc) is 2.75. The molecule has 7 heteroatoms. The number of unbranched alkanes of at least 4 members (excludes halogenated alkanes) is 1. The number of anilines is 1. The average molecular weight is 274 g/mol. The third-order valence-corrected chi connectivity index (χ3v) is 3.93. The summed E-state index contributed by atoms with van der Waals surface area (Å²) < 4.78 is 0.829. The van der Waals surface area contributed by atoms with Gasteiger partial charge in [-0.1, -0.05) is 36.4 Å². The number of aromatic nitrogens is 2. The molecule has 1 aromatic heterocycles. The molecule has 0 spiro atoms. The molecule has 0 aliphatic carbocycles. The molecule has 1 rings (SSSR count). The summed E-state index contributed by atoms with van der Waals surface area (Å²) in [6.45, 7) is 5.64. The number of nitrogens with one attached hydrogen (secondary N) is 2. The lowest BCUT2D eigenvalue weighted by Gasteiger charge is -1.99. The van der Waals surface area contributed by atoms with Crippen molar-refractivity contribution in [1.29, 1.82) is 0 Å². The van der Waals surface area contributed by atoms with E-state index >= 15 is 0 Å². The van der Waals surface area contributed by atoms with Crippen molar-refractivity contribution in [3.05, 3.63) is 0 Å². The van der Waals surface area contributed by atoms with E-state index in [4.69, 9.17) is 0 Å². The molecule has 0 radical (unpaired) electrons. The second-order valence-electron chi connectivity index (χ2n) is 3.40. The standard InChI is InChI=1S/C10H18N4OS2/c1-3-5-6-12-9-13-14-10(17-9)16-7-8(15)11-4-2/h3-7H2,1-2H3,(H,11,15)(H,12,13). The van der Waals surface area contributed by atoms with E-state index in [9.17, 15) is 4.79 Å². The first-order chi connectivity index (χ1) is 8.26. The molecule has 1 heterocycles. The number of hydrogen-bond acceptors (Lipinski definition) is 6. The fourth-order valence-corrected chi connectivity index (χ4v) is 2.69. The minimum atomic E-state index is 0.0354. The van der Waals surface area contributed by atoms with Gasteiger partial charge in [0.25, 0.3) is 0 Å². The Kier molecular flexibility index (Phi) is 6.95. The first-order valence-electron chi connectivity index (χ1n) is 5.73. The summed E-state index contributed by atoms with van der Waals surface area (Å²) >= 11 is 2.91. The van der Waals surface area contributed by atoms with Crippen LogP contribution in [0.25, 0.3) is 0 Å². The van der Waals surface area contributed by atoms with Crippen LogP contribution in [-0.4, -0.2) is 34.9 Å². The van der Waals surface area contributed by atoms with Gasteiger partial charge in [-0.3, -0.25) is 4.79 Å². The van der Waals surface area contributed by atoms with E-state index < -0.39 is 0 Å². The number of hydrogen-bond donors (Lipinski definition) is 2. The van der Waals surface area contributed by atoms with Gasteiger partial charge in [-0.05, 0) is 13.3 Å². The highest BCUT2D eigenvalue weighted by Crippen LogP contribution is 2.25. The Morgan fingerprint density at radius 3 is 2.94 bits per heavy atom. The molecule has 2 N–H and O–H groups in total. The van der Waals surface area contributed by atoms with E-state index in [1.165, 1.54) is 23.1 Å². The lowest BCUT2D eigenvalue weighted by molar-refractivity contribution is -0.118. The molecule has 17 heavy (non-hydrogen) atoms. The van der Waals surface area contributed by atoms with Gasteiger partial charge < -0.3 is 10.6 Å². The van der Waals surface area contributed by atoms with Gasteiger partial charge in [-0.2, -0.15) is 0 Å². The third kappa shape index (κ3) is 5.88. The van der Waals surface area contributed by atoms with Crippen molar-refractivity contribution >= 4 is 34.1 Å². The van der Waals surface area contributed by atoms with Crippen LogP contribution in [0.1, 0.15) is 26.7 Å². The monoisotopic (exact) mass is 274 g/mol. The van der Waals surface area contributed by atoms with Gasteiger partial charge in [-0.25, -0.2) is 0 Å². The van der Waals surface area contributed by atoms with Gasteiger partial charge in [0.15, 0.2) is 4.34 Å². The van der Waals surface area contributed by atoms with Crippen LogP contribution < -0.4 is 10.6 Å². The van der Waals surface area contributed by atoms with E-state index in [-0.39, 0.29) is 5.91 Å². The maximum absolute atomic E-state index is 11.2. The quantitative estimate of drug-likeness (QED) is 0.560. The van der Waals surface area contributed by atoms with E-state index in [1.54, 1.807) is 0 Å². The van der Waals surface area contributed by atoms with Crippen LogP contribution >= 0.6 is 23.1 Å². The Labute approximate surface area is 110 Å². The van der Waals surface area contributed by atoms with E-state index in [0.29, 0.717) is 12.3 Å². The number of rotatable bonds is 8. The number of carbonyl (C=O) groups is 1. The summed E-state index contributed by atoms with van der Waals surface area (Å²) in [6.07, 6.45) is 2.28. The molecule has 0 bridgehead atoms. The summed E-state index contributed by atoms with van der Waals surface area (Å²) in [5.74, 6) is 0.436. The van der Waals surface area contributed by atoms with Crippen molar-refractivity contribution in [3.8, 4) is 0 Å². The van der Waals surface area contributed by atoms with Crippen molar-refractivity contribution in [3.63, 3.8) is 0 Å². The molecule has 0 saturated heterocycles. The minimum absolute atomic E-state index is 0.0354. The fraction of sp³-hybridized carbons (Fsp3) is 0.700. The third-order valence-electron chi connectivity index (χ3n) is 1.91. The van der Waals surface area contributed by atoms with Crippen molar-refractivity contribution < 1.29 is 4.79 Å². The van der Waals surface area contributed by atoms with Gasteiger partial charge in [-0.15, -0.1) is 10.2 Å². The molecule has 0 saturated carbocycles. The predicted molar refractivity (Wildman–Crippen MR) is 72.7 cm³/mol. The zero-order valence-electron chi connectivity index (χ0n) is 10.2. The van der Waals surface area contributed by atoms with Gasteiger partial charge in [0, 0.05) is 13.1 Å². The van der Waals surface area contributed by atoms with Crippen LogP contribution in [0.4, 0.5) is 5.13 Å². The maximum Gasteiger partial charge on any atom is 0.230 e. The first kappa shape index (κ1) is 14.2. The molecule has 0 atom stereocenters. The van der Waals surface area contributed by atoms with Crippen molar-refractivity contribution in [2.24, 2.45) is 0 Å². The van der Waals surface area contributed by atoms with Crippen molar-refractivity contribution in [2.75, 3.05) is 24.2 Å². The van der Waals surface area contributed by atoms with E-state index in [2.05, 4.69) is 27.8 Å². The van der Waals surface area contributed by atoms with E-state index in [0.717, 1.165) is 28.9 Å². The van der Waals surface area contributed by atoms with Crippen LogP contribution in [0.3, 0.4) is 0 Å². The van der Waals surface area contributed by atoms with Gasteiger partial charge >= 0.3 is 0 Å². The molecule has 0 unspecified atom stereocenters. The first-order valence-corrected chi connectivity index (χ1v) is 7.53. The highest BCUT2D eigenvalue weighted by atomic mass is 32.2. The molecular formula is C10H18N4OS2. The number of amides is 1. The van der Waals surface area contributed by atoms with Gasteiger partial charge in [0.1, 0.15) is 0 Å². The zero-order valence-corrected chi connectivity index (χ0v) is 11.8. The summed E-state index contributed by atoms with van der Waals surface area (Å²) in [5, 5.41) is 14.8. The SMILES string of the molecule is CCCCNc1nnc(SCC(=O)NCC)s1. The van der Waals surface area contributed by atoms with Crippen LogP contribution in [-0.2, 0) is 4.79 Å². The molecule has 5 nitrogen and oxygen atoms in total. The minimum Gasteiger partial charge on any atom is -0.360 e. The largest absolute Gasteiger partial charge is 0.360 e. The lowest BCUT2D eigenvalue weighted by atomic mass is 10.3. The second kappa shape index (κ2) is 8.30.